The number of hydrogen-bond acceptors (Lipinski definition) is 3. The summed E-state index contributed by atoms with van der Waals surface area (Å²) < 4.78 is 0. The summed E-state index contributed by atoms with van der Waals surface area (Å²) in [6, 6.07) is 0. The van der Waals surface area contributed by atoms with Gasteiger partial charge in [0, 0.05) is 12.8 Å². The fraction of sp³-hybridized carbons (Fsp3) is 0.739. The van der Waals surface area contributed by atoms with E-state index in [4.69, 9.17) is 0 Å². The molecule has 0 spiro atoms. The van der Waals surface area contributed by atoms with Gasteiger partial charge in [0.2, 0.25) is 0 Å². The second-order valence-corrected chi connectivity index (χ2v) is 10.1. The van der Waals surface area contributed by atoms with E-state index in [0.717, 1.165) is 32.1 Å². The van der Waals surface area contributed by atoms with E-state index in [9.17, 15) is 14.7 Å². The Morgan fingerprint density at radius 2 is 1.77 bits per heavy atom. The zero-order valence-electron chi connectivity index (χ0n) is 16.0. The van der Waals surface area contributed by atoms with Crippen LogP contribution < -0.4 is 0 Å². The Morgan fingerprint density at radius 1 is 1.00 bits per heavy atom. The van der Waals surface area contributed by atoms with E-state index < -0.39 is 0 Å². The molecule has 3 heteroatoms. The first kappa shape index (κ1) is 16.9. The van der Waals surface area contributed by atoms with Crippen molar-refractivity contribution >= 4 is 11.6 Å². The highest BCUT2D eigenvalue weighted by Crippen LogP contribution is 2.68. The van der Waals surface area contributed by atoms with Crippen LogP contribution in [0.2, 0.25) is 0 Å². The molecule has 0 aromatic heterocycles. The highest BCUT2D eigenvalue weighted by molar-refractivity contribution is 5.92. The van der Waals surface area contributed by atoms with Crippen molar-refractivity contribution in [1.29, 1.82) is 0 Å². The maximum atomic E-state index is 12.1. The van der Waals surface area contributed by atoms with Gasteiger partial charge in [-0.15, -0.1) is 0 Å². The summed E-state index contributed by atoms with van der Waals surface area (Å²) in [5, 5.41) is 11.3. The van der Waals surface area contributed by atoms with Crippen molar-refractivity contribution in [1.82, 2.24) is 0 Å². The fourth-order valence-corrected chi connectivity index (χ4v) is 7.82. The largest absolute Gasteiger partial charge is 0.393 e. The molecule has 0 saturated heterocycles. The monoisotopic (exact) mass is 354 g/mol. The molecule has 0 bridgehead atoms. The molecule has 1 N–H and O–H groups in total. The first-order valence-electron chi connectivity index (χ1n) is 10.5. The first-order valence-corrected chi connectivity index (χ1v) is 10.5. The Morgan fingerprint density at radius 3 is 2.58 bits per heavy atom. The minimum absolute atomic E-state index is 0.0105. The zero-order chi connectivity index (χ0) is 18.3. The van der Waals surface area contributed by atoms with Crippen molar-refractivity contribution in [2.75, 3.05) is 0 Å². The number of allylic oxidation sites excluding steroid dienone is 3. The van der Waals surface area contributed by atoms with E-state index in [0.29, 0.717) is 30.6 Å². The zero-order valence-corrected chi connectivity index (χ0v) is 16.0. The van der Waals surface area contributed by atoms with Gasteiger partial charge in [-0.05, 0) is 85.2 Å². The van der Waals surface area contributed by atoms with E-state index in [1.165, 1.54) is 17.6 Å². The Hall–Kier alpha value is -1.22. The molecule has 5 aliphatic rings. The van der Waals surface area contributed by atoms with Gasteiger partial charge in [-0.25, -0.2) is 0 Å². The normalized spacial score (nSPS) is 50.2. The van der Waals surface area contributed by atoms with Gasteiger partial charge in [0.25, 0.3) is 0 Å². The lowest BCUT2D eigenvalue weighted by Crippen LogP contribution is -2.55. The summed E-state index contributed by atoms with van der Waals surface area (Å²) in [4.78, 5) is 24.0. The smallest absolute Gasteiger partial charge is 0.155 e. The molecule has 7 unspecified atom stereocenters. The molecule has 0 radical (unpaired) electrons. The summed E-state index contributed by atoms with van der Waals surface area (Å²) in [7, 11) is 0. The van der Waals surface area contributed by atoms with Crippen LogP contribution in [0.5, 0.6) is 0 Å². The molecule has 26 heavy (non-hydrogen) atoms. The van der Waals surface area contributed by atoms with Crippen LogP contribution in [-0.4, -0.2) is 22.8 Å². The Balaban J connectivity index is 1.56. The Bertz CT molecular complexity index is 747. The molecule has 0 heterocycles. The molecule has 3 fully saturated rings. The third kappa shape index (κ3) is 2.10. The van der Waals surface area contributed by atoms with E-state index in [1.54, 1.807) is 0 Å². The predicted octanol–water partition coefficient (Wildman–Crippen LogP) is 4.00. The van der Waals surface area contributed by atoms with Crippen molar-refractivity contribution in [3.8, 4) is 0 Å². The molecule has 0 aliphatic heterocycles. The van der Waals surface area contributed by atoms with Crippen LogP contribution >= 0.6 is 0 Å². The molecule has 0 amide bonds. The number of fused-ring (bicyclic) bond motifs is 7. The van der Waals surface area contributed by atoms with Gasteiger partial charge >= 0.3 is 0 Å². The van der Waals surface area contributed by atoms with Gasteiger partial charge in [-0.1, -0.05) is 25.0 Å². The minimum Gasteiger partial charge on any atom is -0.393 e. The molecule has 5 rings (SSSR count). The van der Waals surface area contributed by atoms with Crippen molar-refractivity contribution in [3.05, 3.63) is 23.3 Å². The van der Waals surface area contributed by atoms with Crippen molar-refractivity contribution in [2.45, 2.75) is 71.3 Å². The summed E-state index contributed by atoms with van der Waals surface area (Å²) in [5.74, 6) is 2.45. The van der Waals surface area contributed by atoms with Crippen LogP contribution in [0.15, 0.2) is 23.3 Å². The van der Waals surface area contributed by atoms with Crippen LogP contribution in [0.4, 0.5) is 0 Å². The quantitative estimate of drug-likeness (QED) is 0.715. The highest BCUT2D eigenvalue weighted by Gasteiger charge is 2.62. The second-order valence-electron chi connectivity index (χ2n) is 10.1. The van der Waals surface area contributed by atoms with E-state index >= 15 is 0 Å². The lowest BCUT2D eigenvalue weighted by atomic mass is 9.46. The maximum absolute atomic E-state index is 12.1. The van der Waals surface area contributed by atoms with Gasteiger partial charge in [0.05, 0.1) is 6.10 Å². The molecule has 0 aromatic carbocycles. The average Bonchev–Trinajstić information content (AvgIpc) is 2.87. The van der Waals surface area contributed by atoms with Gasteiger partial charge in [0.15, 0.2) is 11.6 Å². The maximum Gasteiger partial charge on any atom is 0.155 e. The summed E-state index contributed by atoms with van der Waals surface area (Å²) >= 11 is 0. The number of aliphatic hydroxyl groups excluding tert-OH is 1. The molecule has 7 atom stereocenters. The number of hydrogen-bond donors (Lipinski definition) is 1. The van der Waals surface area contributed by atoms with Gasteiger partial charge < -0.3 is 5.11 Å². The minimum atomic E-state index is -0.333. The van der Waals surface area contributed by atoms with Crippen LogP contribution in [0.1, 0.15) is 65.2 Å². The van der Waals surface area contributed by atoms with Gasteiger partial charge in [-0.3, -0.25) is 9.59 Å². The summed E-state index contributed by atoms with van der Waals surface area (Å²) in [6.45, 7) is 4.62. The van der Waals surface area contributed by atoms with Crippen molar-refractivity contribution in [2.24, 2.45) is 34.5 Å². The molecule has 3 saturated carbocycles. The number of carbonyl (C=O) groups excluding carboxylic acids is 2. The number of carbonyl (C=O) groups is 2. The van der Waals surface area contributed by atoms with Gasteiger partial charge in [-0.2, -0.15) is 0 Å². The van der Waals surface area contributed by atoms with E-state index in [2.05, 4.69) is 13.8 Å². The van der Waals surface area contributed by atoms with Crippen LogP contribution in [0.25, 0.3) is 0 Å². The highest BCUT2D eigenvalue weighted by atomic mass is 16.3. The van der Waals surface area contributed by atoms with Crippen LogP contribution in [0, 0.1) is 34.5 Å². The van der Waals surface area contributed by atoms with Crippen molar-refractivity contribution < 1.29 is 14.7 Å². The fourth-order valence-electron chi connectivity index (χ4n) is 7.82. The van der Waals surface area contributed by atoms with Crippen LogP contribution in [0.3, 0.4) is 0 Å². The molecule has 0 aromatic rings. The van der Waals surface area contributed by atoms with Crippen LogP contribution in [-0.2, 0) is 9.59 Å². The Kier molecular flexibility index (Phi) is 3.52. The Labute approximate surface area is 155 Å². The topological polar surface area (TPSA) is 54.4 Å². The first-order chi connectivity index (χ1) is 12.3. The molecule has 140 valence electrons. The summed E-state index contributed by atoms with van der Waals surface area (Å²) in [5.41, 5.74) is 2.61. The molecular weight excluding hydrogens is 324 g/mol. The number of aliphatic hydroxyl groups is 1. The molecular formula is C23H30O3. The molecule has 3 nitrogen and oxygen atoms in total. The SMILES string of the molecule is CC12CC(O)C3C(CCC4=CC(=O)CCC43C)C1CC1CCC(=O)C=C12. The third-order valence-electron chi connectivity index (χ3n) is 8.98. The third-order valence-corrected chi connectivity index (χ3v) is 8.98. The van der Waals surface area contributed by atoms with Crippen molar-refractivity contribution in [3.63, 3.8) is 0 Å². The predicted molar refractivity (Wildman–Crippen MR) is 99.3 cm³/mol. The van der Waals surface area contributed by atoms with Gasteiger partial charge in [0.1, 0.15) is 0 Å². The lowest BCUT2D eigenvalue weighted by Gasteiger charge is -2.59. The van der Waals surface area contributed by atoms with E-state index in [-0.39, 0.29) is 34.4 Å². The van der Waals surface area contributed by atoms with E-state index in [1.807, 2.05) is 12.2 Å². The second kappa shape index (κ2) is 5.41. The summed E-state index contributed by atoms with van der Waals surface area (Å²) in [6.07, 6.45) is 10.8. The standard InChI is InChI=1S/C23H30O3/c1-22-8-7-16(25)10-14(22)4-6-17-19-9-13-3-5-15(24)11-18(13)23(19,2)12-20(26)21(17)22/h10-11,13,17,19-21,26H,3-9,12H2,1-2H3. The lowest BCUT2D eigenvalue weighted by molar-refractivity contribution is -0.124. The average molecular weight is 354 g/mol. The number of rotatable bonds is 0. The number of ketones is 2. The molecule has 5 aliphatic carbocycles.